The zero-order valence-electron chi connectivity index (χ0n) is 15.0. The van der Waals surface area contributed by atoms with Crippen LogP contribution in [0.25, 0.3) is 22.2 Å². The molecule has 0 aliphatic carbocycles. The molecule has 0 saturated heterocycles. The largest absolute Gasteiger partial charge is 0.322 e. The van der Waals surface area contributed by atoms with Crippen LogP contribution in [0.15, 0.2) is 72.8 Å². The van der Waals surface area contributed by atoms with Gasteiger partial charge in [0.05, 0.1) is 16.8 Å². The second-order valence-corrected chi connectivity index (χ2v) is 8.13. The van der Waals surface area contributed by atoms with Crippen LogP contribution < -0.4 is 5.32 Å². The summed E-state index contributed by atoms with van der Waals surface area (Å²) in [5, 5.41) is 4.51. The molecule has 0 bridgehead atoms. The number of hydrogen-bond acceptors (Lipinski definition) is 2. The van der Waals surface area contributed by atoms with E-state index in [9.17, 15) is 4.79 Å². The van der Waals surface area contributed by atoms with Crippen molar-refractivity contribution in [2.24, 2.45) is 0 Å². The van der Waals surface area contributed by atoms with E-state index in [1.165, 1.54) is 0 Å². The molecule has 1 heterocycles. The number of benzene rings is 3. The van der Waals surface area contributed by atoms with Gasteiger partial charge in [0.2, 0.25) is 0 Å². The average molecular weight is 499 g/mol. The van der Waals surface area contributed by atoms with Gasteiger partial charge in [0, 0.05) is 25.2 Å². The topological polar surface area (TPSA) is 42.0 Å². The average Bonchev–Trinajstić information content (AvgIpc) is 2.70. The molecule has 28 heavy (non-hydrogen) atoms. The molecular formula is C23H16ClIN2O. The summed E-state index contributed by atoms with van der Waals surface area (Å²) in [5.74, 6) is -0.146. The minimum Gasteiger partial charge on any atom is -0.322 e. The Balaban J connectivity index is 1.86. The smallest absolute Gasteiger partial charge is 0.256 e. The summed E-state index contributed by atoms with van der Waals surface area (Å²) in [6, 6.07) is 23.0. The maximum Gasteiger partial charge on any atom is 0.256 e. The van der Waals surface area contributed by atoms with Gasteiger partial charge in [0.1, 0.15) is 0 Å². The highest BCUT2D eigenvalue weighted by molar-refractivity contribution is 14.1. The van der Waals surface area contributed by atoms with E-state index in [1.54, 1.807) is 0 Å². The predicted octanol–water partition coefficient (Wildman–Crippen LogP) is 6.72. The van der Waals surface area contributed by atoms with Gasteiger partial charge in [0.15, 0.2) is 0 Å². The zero-order chi connectivity index (χ0) is 19.7. The van der Waals surface area contributed by atoms with Gasteiger partial charge in [-0.1, -0.05) is 41.9 Å². The van der Waals surface area contributed by atoms with Gasteiger partial charge in [-0.3, -0.25) is 4.79 Å². The van der Waals surface area contributed by atoms with Gasteiger partial charge >= 0.3 is 0 Å². The Labute approximate surface area is 181 Å². The number of rotatable bonds is 3. The van der Waals surface area contributed by atoms with Crippen LogP contribution in [-0.2, 0) is 0 Å². The fourth-order valence-electron chi connectivity index (χ4n) is 3.22. The number of carbonyl (C=O) groups is 1. The summed E-state index contributed by atoms with van der Waals surface area (Å²) in [4.78, 5) is 18.0. The Morgan fingerprint density at radius 3 is 2.36 bits per heavy atom. The Hall–Kier alpha value is -2.44. The maximum atomic E-state index is 13.2. The molecule has 3 aromatic carbocycles. The number of nitrogens with zero attached hydrogens (tertiary/aromatic N) is 1. The molecular weight excluding hydrogens is 483 g/mol. The van der Waals surface area contributed by atoms with E-state index >= 15 is 0 Å². The van der Waals surface area contributed by atoms with Gasteiger partial charge in [0.25, 0.3) is 5.91 Å². The van der Waals surface area contributed by atoms with Crippen LogP contribution in [0.4, 0.5) is 5.69 Å². The monoisotopic (exact) mass is 498 g/mol. The normalized spacial score (nSPS) is 10.8. The third-order valence-corrected chi connectivity index (χ3v) is 5.55. The van der Waals surface area contributed by atoms with E-state index in [4.69, 9.17) is 16.6 Å². The van der Waals surface area contributed by atoms with Crippen molar-refractivity contribution in [1.29, 1.82) is 0 Å². The van der Waals surface area contributed by atoms with Crippen molar-refractivity contribution < 1.29 is 4.79 Å². The number of hydrogen-bond donors (Lipinski definition) is 1. The molecule has 4 rings (SSSR count). The standard InChI is InChI=1S/C23H16ClIN2O/c1-14-21(23(28)26-18-12-10-17(25)11-13-18)19-4-2-3-5-20(19)27-22(14)15-6-8-16(24)9-7-15/h2-13H,1H3,(H,26,28). The van der Waals surface area contributed by atoms with Crippen molar-refractivity contribution in [3.8, 4) is 11.3 Å². The third-order valence-electron chi connectivity index (χ3n) is 4.58. The lowest BCUT2D eigenvalue weighted by atomic mass is 9.97. The van der Waals surface area contributed by atoms with Crippen molar-refractivity contribution in [3.63, 3.8) is 0 Å². The molecule has 3 nitrogen and oxygen atoms in total. The summed E-state index contributed by atoms with van der Waals surface area (Å²) in [5.41, 5.74) is 4.72. The maximum absolute atomic E-state index is 13.2. The molecule has 4 aromatic rings. The number of nitrogens with one attached hydrogen (secondary N) is 1. The number of para-hydroxylation sites is 1. The highest BCUT2D eigenvalue weighted by Crippen LogP contribution is 2.31. The lowest BCUT2D eigenvalue weighted by Crippen LogP contribution is -2.15. The van der Waals surface area contributed by atoms with Crippen molar-refractivity contribution in [1.82, 2.24) is 4.98 Å². The molecule has 5 heteroatoms. The Morgan fingerprint density at radius 1 is 0.964 bits per heavy atom. The molecule has 0 aliphatic heterocycles. The van der Waals surface area contributed by atoms with Crippen LogP contribution in [-0.4, -0.2) is 10.9 Å². The van der Waals surface area contributed by atoms with Gasteiger partial charge in [-0.05, 0) is 77.5 Å². The number of amides is 1. The van der Waals surface area contributed by atoms with E-state index in [0.29, 0.717) is 10.6 Å². The molecule has 0 aliphatic rings. The van der Waals surface area contributed by atoms with Crippen LogP contribution >= 0.6 is 34.2 Å². The Kier molecular flexibility index (Phi) is 5.33. The van der Waals surface area contributed by atoms with E-state index in [2.05, 4.69) is 27.9 Å². The Bertz CT molecular complexity index is 1170. The van der Waals surface area contributed by atoms with E-state index in [1.807, 2.05) is 79.7 Å². The van der Waals surface area contributed by atoms with Gasteiger partial charge in [-0.15, -0.1) is 0 Å². The van der Waals surface area contributed by atoms with Crippen molar-refractivity contribution in [2.45, 2.75) is 6.92 Å². The van der Waals surface area contributed by atoms with E-state index in [0.717, 1.165) is 37.0 Å². The van der Waals surface area contributed by atoms with E-state index in [-0.39, 0.29) is 5.91 Å². The lowest BCUT2D eigenvalue weighted by Gasteiger charge is -2.15. The number of halogens is 2. The van der Waals surface area contributed by atoms with Crippen LogP contribution in [0.3, 0.4) is 0 Å². The summed E-state index contributed by atoms with van der Waals surface area (Å²) >= 11 is 8.27. The summed E-state index contributed by atoms with van der Waals surface area (Å²) in [6.45, 7) is 1.94. The van der Waals surface area contributed by atoms with Crippen molar-refractivity contribution in [2.75, 3.05) is 5.32 Å². The van der Waals surface area contributed by atoms with E-state index < -0.39 is 0 Å². The minimum atomic E-state index is -0.146. The van der Waals surface area contributed by atoms with Crippen molar-refractivity contribution in [3.05, 3.63) is 92.5 Å². The molecule has 0 fully saturated rings. The molecule has 1 amide bonds. The van der Waals surface area contributed by atoms with Crippen LogP contribution in [0.5, 0.6) is 0 Å². The first-order chi connectivity index (χ1) is 13.5. The quantitative estimate of drug-likeness (QED) is 0.319. The van der Waals surface area contributed by atoms with Gasteiger partial charge in [-0.2, -0.15) is 0 Å². The second-order valence-electron chi connectivity index (χ2n) is 6.45. The molecule has 1 aromatic heterocycles. The number of anilines is 1. The molecule has 1 N–H and O–H groups in total. The SMILES string of the molecule is Cc1c(-c2ccc(Cl)cc2)nc2ccccc2c1C(=O)Nc1ccc(I)cc1. The first-order valence-electron chi connectivity index (χ1n) is 8.75. The highest BCUT2D eigenvalue weighted by atomic mass is 127. The van der Waals surface area contributed by atoms with Gasteiger partial charge < -0.3 is 5.32 Å². The van der Waals surface area contributed by atoms with Gasteiger partial charge in [-0.25, -0.2) is 4.98 Å². The minimum absolute atomic E-state index is 0.146. The molecule has 138 valence electrons. The molecule has 0 atom stereocenters. The molecule has 0 unspecified atom stereocenters. The molecule has 0 saturated carbocycles. The molecule has 0 radical (unpaired) electrons. The second kappa shape index (κ2) is 7.89. The number of aromatic nitrogens is 1. The lowest BCUT2D eigenvalue weighted by molar-refractivity contribution is 0.102. The van der Waals surface area contributed by atoms with Crippen molar-refractivity contribution >= 4 is 56.7 Å². The number of pyridine rings is 1. The fourth-order valence-corrected chi connectivity index (χ4v) is 3.70. The first kappa shape index (κ1) is 18.9. The fraction of sp³-hybridized carbons (Fsp3) is 0.0435. The number of carbonyl (C=O) groups excluding carboxylic acids is 1. The summed E-state index contributed by atoms with van der Waals surface area (Å²) in [7, 11) is 0. The first-order valence-corrected chi connectivity index (χ1v) is 10.2. The highest BCUT2D eigenvalue weighted by Gasteiger charge is 2.19. The molecule has 0 spiro atoms. The third kappa shape index (κ3) is 3.75. The summed E-state index contributed by atoms with van der Waals surface area (Å²) in [6.07, 6.45) is 0. The predicted molar refractivity (Wildman–Crippen MR) is 124 cm³/mol. The Morgan fingerprint density at radius 2 is 1.64 bits per heavy atom. The summed E-state index contributed by atoms with van der Waals surface area (Å²) < 4.78 is 1.12. The number of fused-ring (bicyclic) bond motifs is 1. The zero-order valence-corrected chi connectivity index (χ0v) is 18.0. The van der Waals surface area contributed by atoms with Crippen LogP contribution in [0.2, 0.25) is 5.02 Å². The van der Waals surface area contributed by atoms with Crippen LogP contribution in [0, 0.1) is 10.5 Å². The van der Waals surface area contributed by atoms with Crippen LogP contribution in [0.1, 0.15) is 15.9 Å².